The lowest BCUT2D eigenvalue weighted by molar-refractivity contribution is 0.0960. The molecule has 0 atom stereocenters. The van der Waals surface area contributed by atoms with Gasteiger partial charge < -0.3 is 14.5 Å². The number of hydrogen-bond donors (Lipinski definition) is 0. The number of amides is 1. The van der Waals surface area contributed by atoms with Gasteiger partial charge in [0.15, 0.2) is 11.5 Å². The van der Waals surface area contributed by atoms with Crippen LogP contribution in [0.15, 0.2) is 36.4 Å². The van der Waals surface area contributed by atoms with Crippen LogP contribution in [-0.2, 0) is 11.3 Å². The highest BCUT2D eigenvalue weighted by molar-refractivity contribution is 6.05. The molecular formula is C18H20N4O2. The van der Waals surface area contributed by atoms with Gasteiger partial charge in [0.05, 0.1) is 13.2 Å². The second kappa shape index (κ2) is 6.57. The van der Waals surface area contributed by atoms with Crippen LogP contribution in [0.1, 0.15) is 28.9 Å². The third kappa shape index (κ3) is 2.85. The number of para-hydroxylation sites is 1. The predicted molar refractivity (Wildman–Crippen MR) is 91.3 cm³/mol. The summed E-state index contributed by atoms with van der Waals surface area (Å²) in [6.45, 7) is 3.59. The molecule has 1 aromatic heterocycles. The van der Waals surface area contributed by atoms with Crippen LogP contribution in [0.5, 0.6) is 0 Å². The van der Waals surface area contributed by atoms with E-state index in [1.165, 1.54) is 12.8 Å². The monoisotopic (exact) mass is 324 g/mol. The van der Waals surface area contributed by atoms with Crippen LogP contribution in [0.3, 0.4) is 0 Å². The number of benzene rings is 1. The first-order chi connectivity index (χ1) is 11.8. The second-order valence-electron chi connectivity index (χ2n) is 6.11. The summed E-state index contributed by atoms with van der Waals surface area (Å²) < 4.78 is 5.59. The van der Waals surface area contributed by atoms with Crippen molar-refractivity contribution >= 4 is 17.4 Å². The van der Waals surface area contributed by atoms with Gasteiger partial charge in [-0.2, -0.15) is 0 Å². The minimum absolute atomic E-state index is 0.131. The zero-order valence-corrected chi connectivity index (χ0v) is 13.5. The van der Waals surface area contributed by atoms with Crippen molar-refractivity contribution < 1.29 is 9.53 Å². The van der Waals surface area contributed by atoms with E-state index in [1.54, 1.807) is 11.0 Å². The predicted octanol–water partition coefficient (Wildman–Crippen LogP) is 2.25. The highest BCUT2D eigenvalue weighted by atomic mass is 16.5. The van der Waals surface area contributed by atoms with Crippen molar-refractivity contribution in [3.8, 4) is 0 Å². The molecule has 2 aliphatic heterocycles. The molecule has 124 valence electrons. The number of aromatic nitrogens is 2. The van der Waals surface area contributed by atoms with Crippen LogP contribution in [0.2, 0.25) is 0 Å². The molecule has 2 aromatic rings. The number of hydrogen-bond acceptors (Lipinski definition) is 5. The van der Waals surface area contributed by atoms with Crippen LogP contribution >= 0.6 is 0 Å². The van der Waals surface area contributed by atoms with Gasteiger partial charge in [-0.3, -0.25) is 4.79 Å². The smallest absolute Gasteiger partial charge is 0.278 e. The lowest BCUT2D eigenvalue weighted by Gasteiger charge is -2.22. The SMILES string of the molecule is O=C(c1ccc(N2CCCC2)nn1)N1CCOCc2ccccc21. The van der Waals surface area contributed by atoms with Gasteiger partial charge >= 0.3 is 0 Å². The Morgan fingerprint density at radius 1 is 1.00 bits per heavy atom. The first kappa shape index (κ1) is 15.1. The highest BCUT2D eigenvalue weighted by Gasteiger charge is 2.24. The molecule has 0 N–H and O–H groups in total. The van der Waals surface area contributed by atoms with E-state index < -0.39 is 0 Å². The van der Waals surface area contributed by atoms with E-state index in [4.69, 9.17) is 4.74 Å². The van der Waals surface area contributed by atoms with Crippen LogP contribution in [-0.4, -0.2) is 42.3 Å². The number of anilines is 2. The zero-order chi connectivity index (χ0) is 16.4. The summed E-state index contributed by atoms with van der Waals surface area (Å²) in [7, 11) is 0. The molecule has 2 aliphatic rings. The molecular weight excluding hydrogens is 304 g/mol. The van der Waals surface area contributed by atoms with E-state index in [1.807, 2.05) is 30.3 Å². The molecule has 1 aromatic carbocycles. The molecule has 1 saturated heterocycles. The number of nitrogens with zero attached hydrogens (tertiary/aromatic N) is 4. The molecule has 0 spiro atoms. The Morgan fingerprint density at radius 2 is 1.83 bits per heavy atom. The molecule has 1 fully saturated rings. The standard InChI is InChI=1S/C18H20N4O2/c23-18(15-7-8-17(20-19-15)21-9-3-4-10-21)22-11-12-24-13-14-5-1-2-6-16(14)22/h1-2,5-8H,3-4,9-13H2. The lowest BCUT2D eigenvalue weighted by atomic mass is 10.1. The normalized spacial score (nSPS) is 17.5. The maximum atomic E-state index is 12.9. The second-order valence-corrected chi connectivity index (χ2v) is 6.11. The minimum Gasteiger partial charge on any atom is -0.375 e. The zero-order valence-electron chi connectivity index (χ0n) is 13.5. The molecule has 1 amide bonds. The maximum Gasteiger partial charge on any atom is 0.278 e. The van der Waals surface area contributed by atoms with Crippen molar-refractivity contribution in [1.82, 2.24) is 10.2 Å². The fraction of sp³-hybridized carbons (Fsp3) is 0.389. The van der Waals surface area contributed by atoms with E-state index >= 15 is 0 Å². The third-order valence-corrected chi connectivity index (χ3v) is 4.54. The number of rotatable bonds is 2. The number of carbonyl (C=O) groups is 1. The lowest BCUT2D eigenvalue weighted by Crippen LogP contribution is -2.34. The van der Waals surface area contributed by atoms with E-state index in [-0.39, 0.29) is 5.91 Å². The van der Waals surface area contributed by atoms with Crippen molar-refractivity contribution in [3.05, 3.63) is 47.7 Å². The summed E-state index contributed by atoms with van der Waals surface area (Å²) in [6, 6.07) is 11.5. The molecule has 0 radical (unpaired) electrons. The van der Waals surface area contributed by atoms with E-state index in [9.17, 15) is 4.79 Å². The first-order valence-electron chi connectivity index (χ1n) is 8.39. The Labute approximate surface area is 141 Å². The quantitative estimate of drug-likeness (QED) is 0.848. The average molecular weight is 324 g/mol. The van der Waals surface area contributed by atoms with Gasteiger partial charge in [-0.05, 0) is 31.0 Å². The molecule has 0 bridgehead atoms. The Morgan fingerprint density at radius 3 is 2.62 bits per heavy atom. The average Bonchev–Trinajstić information content (AvgIpc) is 3.08. The van der Waals surface area contributed by atoms with E-state index in [2.05, 4.69) is 15.1 Å². The summed E-state index contributed by atoms with van der Waals surface area (Å²) in [5, 5.41) is 8.43. The van der Waals surface area contributed by atoms with Crippen LogP contribution in [0, 0.1) is 0 Å². The fourth-order valence-electron chi connectivity index (χ4n) is 3.26. The van der Waals surface area contributed by atoms with Gasteiger partial charge in [0.2, 0.25) is 0 Å². The summed E-state index contributed by atoms with van der Waals surface area (Å²) in [6.07, 6.45) is 2.37. The number of ether oxygens (including phenoxy) is 1. The first-order valence-corrected chi connectivity index (χ1v) is 8.39. The largest absolute Gasteiger partial charge is 0.375 e. The van der Waals surface area contributed by atoms with Crippen molar-refractivity contribution in [3.63, 3.8) is 0 Å². The van der Waals surface area contributed by atoms with Gasteiger partial charge in [-0.25, -0.2) is 0 Å². The van der Waals surface area contributed by atoms with Crippen LogP contribution < -0.4 is 9.80 Å². The van der Waals surface area contributed by atoms with E-state index in [0.717, 1.165) is 30.2 Å². The van der Waals surface area contributed by atoms with Crippen molar-refractivity contribution in [2.24, 2.45) is 0 Å². The Bertz CT molecular complexity index is 726. The summed E-state index contributed by atoms with van der Waals surface area (Å²) in [5.41, 5.74) is 2.28. The number of carbonyl (C=O) groups excluding carboxylic acids is 1. The Kier molecular flexibility index (Phi) is 4.13. The van der Waals surface area contributed by atoms with Gasteiger partial charge in [0, 0.05) is 30.9 Å². The molecule has 24 heavy (non-hydrogen) atoms. The highest BCUT2D eigenvalue weighted by Crippen LogP contribution is 2.25. The number of fused-ring (bicyclic) bond motifs is 1. The van der Waals surface area contributed by atoms with Gasteiger partial charge in [0.1, 0.15) is 0 Å². The van der Waals surface area contributed by atoms with Crippen molar-refractivity contribution in [1.29, 1.82) is 0 Å². The molecule has 0 unspecified atom stereocenters. The van der Waals surface area contributed by atoms with E-state index in [0.29, 0.717) is 25.5 Å². The molecule has 3 heterocycles. The summed E-state index contributed by atoms with van der Waals surface area (Å²) >= 11 is 0. The molecule has 4 rings (SSSR count). The molecule has 0 aliphatic carbocycles. The minimum atomic E-state index is -0.131. The third-order valence-electron chi connectivity index (χ3n) is 4.54. The van der Waals surface area contributed by atoms with Gasteiger partial charge in [-0.1, -0.05) is 18.2 Å². The van der Waals surface area contributed by atoms with Crippen LogP contribution in [0.25, 0.3) is 0 Å². The van der Waals surface area contributed by atoms with Crippen LogP contribution in [0.4, 0.5) is 11.5 Å². The van der Waals surface area contributed by atoms with Gasteiger partial charge in [0.25, 0.3) is 5.91 Å². The Balaban J connectivity index is 1.59. The van der Waals surface area contributed by atoms with Gasteiger partial charge in [-0.15, -0.1) is 10.2 Å². The van der Waals surface area contributed by atoms with Crippen molar-refractivity contribution in [2.75, 3.05) is 36.0 Å². The molecule has 0 saturated carbocycles. The molecule has 6 heteroatoms. The molecule has 6 nitrogen and oxygen atoms in total. The fourth-order valence-corrected chi connectivity index (χ4v) is 3.26. The maximum absolute atomic E-state index is 12.9. The summed E-state index contributed by atoms with van der Waals surface area (Å²) in [5.74, 6) is 0.720. The summed E-state index contributed by atoms with van der Waals surface area (Å²) in [4.78, 5) is 16.8. The Hall–Kier alpha value is -2.47. The topological polar surface area (TPSA) is 58.6 Å². The van der Waals surface area contributed by atoms with Crippen molar-refractivity contribution in [2.45, 2.75) is 19.4 Å².